The predicted octanol–water partition coefficient (Wildman–Crippen LogP) is 1.90. The summed E-state index contributed by atoms with van der Waals surface area (Å²) in [6, 6.07) is 2.87. The summed E-state index contributed by atoms with van der Waals surface area (Å²) in [6.45, 7) is 0. The predicted molar refractivity (Wildman–Crippen MR) is 69.6 cm³/mol. The van der Waals surface area contributed by atoms with Gasteiger partial charge in [-0.1, -0.05) is 0 Å². The molecule has 0 heterocycles. The lowest BCUT2D eigenvalue weighted by Crippen LogP contribution is -2.18. The number of anilines is 1. The zero-order valence-electron chi connectivity index (χ0n) is 9.64. The number of nitrogens with one attached hydrogen (secondary N) is 1. The van der Waals surface area contributed by atoms with Gasteiger partial charge < -0.3 is 0 Å². The van der Waals surface area contributed by atoms with Crippen LogP contribution in [0.15, 0.2) is 23.1 Å². The van der Waals surface area contributed by atoms with E-state index in [9.17, 15) is 21.2 Å². The van der Waals surface area contributed by atoms with Crippen LogP contribution < -0.4 is 4.72 Å². The van der Waals surface area contributed by atoms with Gasteiger partial charge in [0.25, 0.3) is 9.05 Å². The molecule has 9 heteroatoms. The zero-order valence-corrected chi connectivity index (χ0v) is 12.0. The van der Waals surface area contributed by atoms with Crippen LogP contribution in [0.4, 0.5) is 10.1 Å². The van der Waals surface area contributed by atoms with E-state index >= 15 is 0 Å². The molecule has 1 aromatic rings. The van der Waals surface area contributed by atoms with Crippen LogP contribution in [0.5, 0.6) is 0 Å². The van der Waals surface area contributed by atoms with Gasteiger partial charge in [0.1, 0.15) is 10.7 Å². The van der Waals surface area contributed by atoms with Gasteiger partial charge in [-0.2, -0.15) is 0 Å². The van der Waals surface area contributed by atoms with Crippen molar-refractivity contribution in [2.45, 2.75) is 17.7 Å². The number of hydrogen-bond acceptors (Lipinski definition) is 4. The molecule has 1 fully saturated rings. The van der Waals surface area contributed by atoms with E-state index < -0.39 is 29.8 Å². The lowest BCUT2D eigenvalue weighted by molar-refractivity contribution is 0.576. The molecule has 0 spiro atoms. The minimum Gasteiger partial charge on any atom is -0.283 e. The van der Waals surface area contributed by atoms with Crippen LogP contribution in [0.2, 0.25) is 0 Å². The Bertz CT molecular complexity index is 698. The first-order valence-corrected chi connectivity index (χ1v) is 9.38. The largest absolute Gasteiger partial charge is 0.283 e. The van der Waals surface area contributed by atoms with Crippen molar-refractivity contribution in [3.05, 3.63) is 24.0 Å². The summed E-state index contributed by atoms with van der Waals surface area (Å²) >= 11 is 0. The average molecular weight is 328 g/mol. The summed E-state index contributed by atoms with van der Waals surface area (Å²) in [4.78, 5) is -0.681. The van der Waals surface area contributed by atoms with Crippen LogP contribution in [0.1, 0.15) is 12.8 Å². The SMILES string of the molecule is O=S(=O)(CC1CC1)Nc1ccc(S(=O)(=O)Cl)c(F)c1. The Morgan fingerprint density at radius 3 is 2.37 bits per heavy atom. The van der Waals surface area contributed by atoms with Gasteiger partial charge in [-0.25, -0.2) is 21.2 Å². The molecule has 19 heavy (non-hydrogen) atoms. The molecule has 0 radical (unpaired) electrons. The first-order valence-electron chi connectivity index (χ1n) is 5.42. The first-order chi connectivity index (χ1) is 8.67. The summed E-state index contributed by atoms with van der Waals surface area (Å²) in [6.07, 6.45) is 1.75. The highest BCUT2D eigenvalue weighted by Gasteiger charge is 2.28. The number of halogens is 2. The second-order valence-corrected chi connectivity index (χ2v) is 8.71. The summed E-state index contributed by atoms with van der Waals surface area (Å²) in [5, 5.41) is 0. The summed E-state index contributed by atoms with van der Waals surface area (Å²) < 4.78 is 61.0. The molecule has 1 N–H and O–H groups in total. The first kappa shape index (κ1) is 14.5. The van der Waals surface area contributed by atoms with Gasteiger partial charge >= 0.3 is 0 Å². The van der Waals surface area contributed by atoms with Crippen LogP contribution in [0, 0.1) is 11.7 Å². The third-order valence-electron chi connectivity index (χ3n) is 2.62. The molecule has 1 aliphatic carbocycles. The minimum atomic E-state index is -4.18. The molecule has 0 atom stereocenters. The third-order valence-corrected chi connectivity index (χ3v) is 5.43. The topological polar surface area (TPSA) is 80.3 Å². The van der Waals surface area contributed by atoms with Gasteiger partial charge in [-0.3, -0.25) is 4.72 Å². The van der Waals surface area contributed by atoms with E-state index in [1.807, 2.05) is 0 Å². The Morgan fingerprint density at radius 1 is 1.26 bits per heavy atom. The second kappa shape index (κ2) is 4.92. The molecule has 1 aliphatic rings. The number of sulfonamides is 1. The van der Waals surface area contributed by atoms with Crippen molar-refractivity contribution in [1.82, 2.24) is 0 Å². The maximum absolute atomic E-state index is 13.5. The monoisotopic (exact) mass is 327 g/mol. The van der Waals surface area contributed by atoms with E-state index in [-0.39, 0.29) is 17.4 Å². The summed E-state index contributed by atoms with van der Waals surface area (Å²) in [7, 11) is -2.70. The van der Waals surface area contributed by atoms with Gasteiger partial charge in [0.05, 0.1) is 11.4 Å². The van der Waals surface area contributed by atoms with Crippen molar-refractivity contribution in [2.75, 3.05) is 10.5 Å². The van der Waals surface area contributed by atoms with Crippen LogP contribution >= 0.6 is 10.7 Å². The highest BCUT2D eigenvalue weighted by atomic mass is 35.7. The van der Waals surface area contributed by atoms with E-state index in [0.29, 0.717) is 0 Å². The molecule has 0 aliphatic heterocycles. The molecule has 2 rings (SSSR count). The molecule has 0 bridgehead atoms. The van der Waals surface area contributed by atoms with Gasteiger partial charge in [-0.15, -0.1) is 0 Å². The Morgan fingerprint density at radius 2 is 1.89 bits per heavy atom. The smallest absolute Gasteiger partial charge is 0.264 e. The van der Waals surface area contributed by atoms with E-state index in [1.54, 1.807) is 0 Å². The van der Waals surface area contributed by atoms with Gasteiger partial charge in [-0.05, 0) is 37.0 Å². The number of hydrogen-bond donors (Lipinski definition) is 1. The maximum atomic E-state index is 13.5. The standard InChI is InChI=1S/C10H11ClFNO4S2/c11-19(16,17)10-4-3-8(5-9(10)12)13-18(14,15)6-7-1-2-7/h3-5,7,13H,1-2,6H2. The molecule has 1 aromatic carbocycles. The van der Waals surface area contributed by atoms with E-state index in [2.05, 4.69) is 4.72 Å². The molecular weight excluding hydrogens is 317 g/mol. The third kappa shape index (κ3) is 4.05. The van der Waals surface area contributed by atoms with Crippen LogP contribution in [-0.2, 0) is 19.1 Å². The molecule has 0 unspecified atom stereocenters. The highest BCUT2D eigenvalue weighted by Crippen LogP contribution is 2.31. The average Bonchev–Trinajstić information content (AvgIpc) is 2.97. The van der Waals surface area contributed by atoms with Gasteiger partial charge in [0, 0.05) is 10.7 Å². The van der Waals surface area contributed by atoms with Crippen molar-refractivity contribution in [3.63, 3.8) is 0 Å². The Kier molecular flexibility index (Phi) is 3.76. The molecule has 1 saturated carbocycles. The molecule has 0 amide bonds. The van der Waals surface area contributed by atoms with E-state index in [1.165, 1.54) is 0 Å². The van der Waals surface area contributed by atoms with Crippen molar-refractivity contribution in [3.8, 4) is 0 Å². The minimum absolute atomic E-state index is 0.00975. The van der Waals surface area contributed by atoms with Crippen LogP contribution in [-0.4, -0.2) is 22.6 Å². The second-order valence-electron chi connectivity index (χ2n) is 4.41. The fourth-order valence-corrected chi connectivity index (χ4v) is 4.00. The molecular formula is C10H11ClFNO4S2. The molecule has 0 aromatic heterocycles. The van der Waals surface area contributed by atoms with Gasteiger partial charge in [0.15, 0.2) is 0 Å². The van der Waals surface area contributed by atoms with Crippen molar-refractivity contribution >= 4 is 35.4 Å². The lowest BCUT2D eigenvalue weighted by Gasteiger charge is -2.08. The fraction of sp³-hybridized carbons (Fsp3) is 0.400. The number of rotatable bonds is 5. The maximum Gasteiger partial charge on any atom is 0.264 e. The van der Waals surface area contributed by atoms with Crippen molar-refractivity contribution < 1.29 is 21.2 Å². The van der Waals surface area contributed by atoms with Crippen molar-refractivity contribution in [2.24, 2.45) is 5.92 Å². The Balaban J connectivity index is 2.20. The Labute approximate surface area is 115 Å². The number of benzene rings is 1. The summed E-state index contributed by atoms with van der Waals surface area (Å²) in [5.74, 6) is -0.948. The fourth-order valence-electron chi connectivity index (χ4n) is 1.58. The van der Waals surface area contributed by atoms with E-state index in [0.717, 1.165) is 31.0 Å². The molecule has 0 saturated heterocycles. The van der Waals surface area contributed by atoms with E-state index in [4.69, 9.17) is 10.7 Å². The normalized spacial score (nSPS) is 16.3. The highest BCUT2D eigenvalue weighted by molar-refractivity contribution is 8.13. The molecule has 106 valence electrons. The van der Waals surface area contributed by atoms with Gasteiger partial charge in [0.2, 0.25) is 10.0 Å². The van der Waals surface area contributed by atoms with Crippen LogP contribution in [0.25, 0.3) is 0 Å². The van der Waals surface area contributed by atoms with Crippen molar-refractivity contribution in [1.29, 1.82) is 0 Å². The molecule has 5 nitrogen and oxygen atoms in total. The lowest BCUT2D eigenvalue weighted by atomic mass is 10.3. The quantitative estimate of drug-likeness (QED) is 0.838. The zero-order chi connectivity index (χ0) is 14.3. The van der Waals surface area contributed by atoms with Crippen LogP contribution in [0.3, 0.4) is 0 Å². The summed E-state index contributed by atoms with van der Waals surface area (Å²) in [5.41, 5.74) is -0.0257. The Hall–Kier alpha value is -0.860.